The van der Waals surface area contributed by atoms with Crippen LogP contribution in [0.2, 0.25) is 0 Å². The summed E-state index contributed by atoms with van der Waals surface area (Å²) in [7, 11) is -3.95. The van der Waals surface area contributed by atoms with Gasteiger partial charge < -0.3 is 4.90 Å². The van der Waals surface area contributed by atoms with E-state index in [2.05, 4.69) is 9.97 Å². The van der Waals surface area contributed by atoms with Gasteiger partial charge in [0.1, 0.15) is 18.0 Å². The first-order chi connectivity index (χ1) is 14.2. The summed E-state index contributed by atoms with van der Waals surface area (Å²) in [5, 5.41) is 0.263. The smallest absolute Gasteiger partial charge is 0.353 e. The molecule has 30 heavy (non-hydrogen) atoms. The quantitative estimate of drug-likeness (QED) is 0.585. The molecule has 0 radical (unpaired) electrons. The summed E-state index contributed by atoms with van der Waals surface area (Å²) in [6, 6.07) is 7.92. The zero-order chi connectivity index (χ0) is 21.5. The Kier molecular flexibility index (Phi) is 5.10. The maximum absolute atomic E-state index is 14.3. The number of alkyl halides is 3. The van der Waals surface area contributed by atoms with Crippen LogP contribution in [-0.2, 0) is 16.2 Å². The normalized spacial score (nSPS) is 16.2. The van der Waals surface area contributed by atoms with Gasteiger partial charge in [-0.05, 0) is 36.4 Å². The SMILES string of the molecule is O=S(=O)(c1ccc(C(F)(F)F)cc1)N1CCN(c2ncnc3cccc(F)c23)CC1. The van der Waals surface area contributed by atoms with Gasteiger partial charge in [-0.2, -0.15) is 17.5 Å². The van der Waals surface area contributed by atoms with Crippen LogP contribution in [0.5, 0.6) is 0 Å². The van der Waals surface area contributed by atoms with Crippen LogP contribution in [0.25, 0.3) is 10.9 Å². The van der Waals surface area contributed by atoms with Gasteiger partial charge >= 0.3 is 6.18 Å². The van der Waals surface area contributed by atoms with Crippen molar-refractivity contribution in [1.82, 2.24) is 14.3 Å². The lowest BCUT2D eigenvalue weighted by molar-refractivity contribution is -0.137. The fraction of sp³-hybridized carbons (Fsp3) is 0.263. The summed E-state index contributed by atoms with van der Waals surface area (Å²) in [6.45, 7) is 0.674. The summed E-state index contributed by atoms with van der Waals surface area (Å²) >= 11 is 0. The molecular weight excluding hydrogens is 424 g/mol. The molecule has 0 spiro atoms. The lowest BCUT2D eigenvalue weighted by Crippen LogP contribution is -2.49. The van der Waals surface area contributed by atoms with E-state index in [9.17, 15) is 26.0 Å². The van der Waals surface area contributed by atoms with Crippen molar-refractivity contribution in [3.05, 3.63) is 60.2 Å². The Morgan fingerprint density at radius 3 is 2.20 bits per heavy atom. The number of piperazine rings is 1. The van der Waals surface area contributed by atoms with Crippen LogP contribution in [0.3, 0.4) is 0 Å². The number of hydrogen-bond donors (Lipinski definition) is 0. The molecule has 1 aromatic heterocycles. The topological polar surface area (TPSA) is 66.4 Å². The molecule has 11 heteroatoms. The van der Waals surface area contributed by atoms with Crippen molar-refractivity contribution >= 4 is 26.7 Å². The molecule has 6 nitrogen and oxygen atoms in total. The van der Waals surface area contributed by atoms with Crippen molar-refractivity contribution in [3.63, 3.8) is 0 Å². The minimum atomic E-state index is -4.54. The van der Waals surface area contributed by atoms with Crippen LogP contribution in [0.1, 0.15) is 5.56 Å². The molecule has 0 saturated carbocycles. The molecule has 0 aliphatic carbocycles. The monoisotopic (exact) mass is 440 g/mol. The van der Waals surface area contributed by atoms with Crippen LogP contribution in [0.15, 0.2) is 53.7 Å². The highest BCUT2D eigenvalue weighted by molar-refractivity contribution is 7.89. The van der Waals surface area contributed by atoms with Crippen molar-refractivity contribution in [3.8, 4) is 0 Å². The van der Waals surface area contributed by atoms with Crippen molar-refractivity contribution < 1.29 is 26.0 Å². The van der Waals surface area contributed by atoms with E-state index < -0.39 is 27.6 Å². The first kappa shape index (κ1) is 20.5. The van der Waals surface area contributed by atoms with Gasteiger partial charge in [-0.1, -0.05) is 6.07 Å². The summed E-state index contributed by atoms with van der Waals surface area (Å²) < 4.78 is 79.2. The Labute approximate surface area is 169 Å². The number of halogens is 4. The van der Waals surface area contributed by atoms with Crippen LogP contribution in [-0.4, -0.2) is 48.9 Å². The summed E-state index contributed by atoms with van der Waals surface area (Å²) in [4.78, 5) is 9.79. The van der Waals surface area contributed by atoms with E-state index >= 15 is 0 Å². The number of benzene rings is 2. The highest BCUT2D eigenvalue weighted by Crippen LogP contribution is 2.31. The van der Waals surface area contributed by atoms with E-state index in [1.165, 1.54) is 16.7 Å². The number of sulfonamides is 1. The zero-order valence-corrected chi connectivity index (χ0v) is 16.3. The first-order valence-electron chi connectivity index (χ1n) is 8.99. The maximum Gasteiger partial charge on any atom is 0.416 e. The standard InChI is InChI=1S/C19H16F4N4O2S/c20-15-2-1-3-16-17(15)18(25-12-24-16)26-8-10-27(11-9-26)30(28,29)14-6-4-13(5-7-14)19(21,22)23/h1-7,12H,8-11H2. The molecule has 3 aromatic rings. The number of hydrogen-bond acceptors (Lipinski definition) is 5. The zero-order valence-electron chi connectivity index (χ0n) is 15.5. The Balaban J connectivity index is 1.54. The fourth-order valence-corrected chi connectivity index (χ4v) is 4.82. The molecule has 0 amide bonds. The molecule has 1 saturated heterocycles. The van der Waals surface area contributed by atoms with Gasteiger partial charge in [0, 0.05) is 26.2 Å². The third kappa shape index (κ3) is 3.70. The third-order valence-electron chi connectivity index (χ3n) is 4.95. The minimum absolute atomic E-state index is 0.0866. The van der Waals surface area contributed by atoms with Crippen molar-refractivity contribution in [2.75, 3.05) is 31.1 Å². The number of nitrogens with zero attached hydrogens (tertiary/aromatic N) is 4. The van der Waals surface area contributed by atoms with Gasteiger partial charge in [-0.25, -0.2) is 22.8 Å². The van der Waals surface area contributed by atoms with E-state index in [0.29, 0.717) is 11.3 Å². The lowest BCUT2D eigenvalue weighted by atomic mass is 10.2. The molecule has 2 heterocycles. The number of anilines is 1. The molecule has 4 rings (SSSR count). The van der Waals surface area contributed by atoms with Gasteiger partial charge in [0.25, 0.3) is 0 Å². The second kappa shape index (κ2) is 7.47. The molecule has 1 aliphatic rings. The molecule has 2 aromatic carbocycles. The van der Waals surface area contributed by atoms with Crippen molar-refractivity contribution in [2.24, 2.45) is 0 Å². The van der Waals surface area contributed by atoms with Gasteiger partial charge in [-0.15, -0.1) is 0 Å². The summed E-state index contributed by atoms with van der Waals surface area (Å²) in [5.41, 5.74) is -0.469. The fourth-order valence-electron chi connectivity index (χ4n) is 3.40. The maximum atomic E-state index is 14.3. The van der Waals surface area contributed by atoms with Gasteiger partial charge in [0.2, 0.25) is 10.0 Å². The molecule has 158 valence electrons. The minimum Gasteiger partial charge on any atom is -0.353 e. The Bertz CT molecular complexity index is 1170. The van der Waals surface area contributed by atoms with E-state index in [4.69, 9.17) is 0 Å². The molecule has 0 atom stereocenters. The van der Waals surface area contributed by atoms with E-state index in [0.717, 1.165) is 24.3 Å². The number of aromatic nitrogens is 2. The van der Waals surface area contributed by atoms with E-state index in [1.807, 2.05) is 0 Å². The summed E-state index contributed by atoms with van der Waals surface area (Å²) in [5.74, 6) is -0.0902. The van der Waals surface area contributed by atoms with Crippen LogP contribution in [0.4, 0.5) is 23.4 Å². The second-order valence-corrected chi connectivity index (χ2v) is 8.68. The molecule has 0 bridgehead atoms. The Morgan fingerprint density at radius 2 is 1.57 bits per heavy atom. The summed E-state index contributed by atoms with van der Waals surface area (Å²) in [6.07, 6.45) is -3.22. The predicted octanol–water partition coefficient (Wildman–Crippen LogP) is 3.30. The number of rotatable bonds is 3. The molecule has 1 aliphatic heterocycles. The Morgan fingerprint density at radius 1 is 0.900 bits per heavy atom. The third-order valence-corrected chi connectivity index (χ3v) is 6.86. The van der Waals surface area contributed by atoms with E-state index in [1.54, 1.807) is 17.0 Å². The lowest BCUT2D eigenvalue weighted by Gasteiger charge is -2.35. The molecule has 0 unspecified atom stereocenters. The van der Waals surface area contributed by atoms with Crippen LogP contribution >= 0.6 is 0 Å². The van der Waals surface area contributed by atoms with Gasteiger partial charge in [0.05, 0.1) is 21.4 Å². The first-order valence-corrected chi connectivity index (χ1v) is 10.4. The average Bonchev–Trinajstić information content (AvgIpc) is 2.73. The predicted molar refractivity (Wildman–Crippen MR) is 102 cm³/mol. The highest BCUT2D eigenvalue weighted by Gasteiger charge is 2.33. The average molecular weight is 440 g/mol. The van der Waals surface area contributed by atoms with Crippen LogP contribution in [0, 0.1) is 5.82 Å². The van der Waals surface area contributed by atoms with Crippen molar-refractivity contribution in [2.45, 2.75) is 11.1 Å². The van der Waals surface area contributed by atoms with Gasteiger partial charge in [0.15, 0.2) is 0 Å². The van der Waals surface area contributed by atoms with E-state index in [-0.39, 0.29) is 36.5 Å². The van der Waals surface area contributed by atoms with Crippen molar-refractivity contribution in [1.29, 1.82) is 0 Å². The van der Waals surface area contributed by atoms with Gasteiger partial charge in [-0.3, -0.25) is 0 Å². The molecular formula is C19H16F4N4O2S. The highest BCUT2D eigenvalue weighted by atomic mass is 32.2. The molecule has 1 fully saturated rings. The van der Waals surface area contributed by atoms with Crippen LogP contribution < -0.4 is 4.90 Å². The Hall–Kier alpha value is -2.79. The molecule has 0 N–H and O–H groups in total. The second-order valence-electron chi connectivity index (χ2n) is 6.74. The largest absolute Gasteiger partial charge is 0.416 e. The number of fused-ring (bicyclic) bond motifs is 1.